The van der Waals surface area contributed by atoms with Gasteiger partial charge in [-0.15, -0.1) is 0 Å². The van der Waals surface area contributed by atoms with Gasteiger partial charge in [-0.2, -0.15) is 26.3 Å². The fraction of sp³-hybridized carbons (Fsp3) is 0.0526. The first-order valence-electron chi connectivity index (χ1n) is 29.5. The molecule has 8 aromatic carbocycles. The Morgan fingerprint density at radius 2 is 0.720 bits per heavy atom. The van der Waals surface area contributed by atoms with E-state index >= 15 is 0 Å². The number of aromatic nitrogens is 8. The average Bonchev–Trinajstić information content (AvgIpc) is 1.49. The van der Waals surface area contributed by atoms with E-state index < -0.39 is 46.5 Å². The van der Waals surface area contributed by atoms with Crippen LogP contribution in [-0.4, -0.2) is 39.9 Å². The van der Waals surface area contributed by atoms with Crippen molar-refractivity contribution in [2.75, 3.05) is 0 Å². The smallest absolute Gasteiger partial charge is 0.245 e. The van der Waals surface area contributed by atoms with Gasteiger partial charge < -0.3 is 0 Å². The molecule has 0 saturated heterocycles. The molecule has 0 atom stereocenters. The number of nitriles is 4. The molecule has 4 aliphatic rings. The molecule has 0 N–H and O–H groups in total. The molecule has 0 radical (unpaired) electrons. The highest BCUT2D eigenvalue weighted by molar-refractivity contribution is 6.20. The summed E-state index contributed by atoms with van der Waals surface area (Å²) in [6, 6.07) is 41.4. The van der Waals surface area contributed by atoms with Crippen LogP contribution in [-0.2, 0) is 12.4 Å². The summed E-state index contributed by atoms with van der Waals surface area (Å²) in [6.45, 7) is 33.5. The SMILES string of the molecule is [C-]#[N+]/C(C#N)=C1/c2cc(C(F)(F)F)cc(C)c2-c2nc3cc4nc5c(nc4cc3nc21)-c1c(cc(C)cc1C(F)(F)F)/C5=C(/C#N)[N+]#[C-].[C-]#[N+]/C(C#N)=C1/c2cc(F)ccc2-c2nc3c(-c4ccccc4)c4nc5c(nc4c(-c4ccccc4)c3nc21)-c1ccc(F)cc1/C5=C(/C#N)[N+]#[C-]. The summed E-state index contributed by atoms with van der Waals surface area (Å²) in [5, 5.41) is 39.5. The van der Waals surface area contributed by atoms with E-state index in [-0.39, 0.29) is 123 Å². The molecular weight excluding hydrogens is 1290 g/mol. The van der Waals surface area contributed by atoms with Gasteiger partial charge in [0.25, 0.3) is 22.8 Å². The third kappa shape index (κ3) is 9.26. The summed E-state index contributed by atoms with van der Waals surface area (Å²) in [4.78, 5) is 52.5. The van der Waals surface area contributed by atoms with Crippen molar-refractivity contribution in [3.05, 3.63) is 281 Å². The summed E-state index contributed by atoms with van der Waals surface area (Å²) < 4.78 is 114. The number of allylic oxidation sites excluding steroid dienone is 4. The molecule has 16 nitrogen and oxygen atoms in total. The van der Waals surface area contributed by atoms with Crippen LogP contribution in [0.1, 0.15) is 67.3 Å². The number of hydrogen-bond donors (Lipinski definition) is 0. The van der Waals surface area contributed by atoms with Gasteiger partial charge in [0.15, 0.2) is 0 Å². The van der Waals surface area contributed by atoms with Crippen molar-refractivity contribution >= 4 is 66.4 Å². The summed E-state index contributed by atoms with van der Waals surface area (Å²) in [6.07, 6.45) is -9.54. The van der Waals surface area contributed by atoms with Gasteiger partial charge in [0, 0.05) is 55.7 Å². The number of halogens is 8. The number of rotatable bonds is 2. The lowest BCUT2D eigenvalue weighted by atomic mass is 9.94. The third-order valence-corrected chi connectivity index (χ3v) is 17.4. The Morgan fingerprint density at radius 3 is 1.10 bits per heavy atom. The molecule has 0 aliphatic heterocycles. The van der Waals surface area contributed by atoms with Crippen LogP contribution in [0.5, 0.6) is 0 Å². The summed E-state index contributed by atoms with van der Waals surface area (Å²) in [5.41, 5.74) is 4.34. The molecule has 4 aliphatic carbocycles. The molecule has 0 amide bonds. The Morgan fingerprint density at radius 1 is 0.360 bits per heavy atom. The van der Waals surface area contributed by atoms with E-state index in [9.17, 15) is 56.2 Å². The highest BCUT2D eigenvalue weighted by Crippen LogP contribution is 2.55. The van der Waals surface area contributed by atoms with Gasteiger partial charge in [0.2, 0.25) is 0 Å². The number of nitrogens with zero attached hydrogens (tertiary/aromatic N) is 16. The highest BCUT2D eigenvalue weighted by atomic mass is 19.4. The van der Waals surface area contributed by atoms with Crippen LogP contribution >= 0.6 is 0 Å². The maximum Gasteiger partial charge on any atom is 0.417 e. The molecule has 0 fully saturated rings. The maximum atomic E-state index is 14.7. The standard InChI is InChI=1S/C42H16F2N8.C34H12F6N8/c1-47-29(19-45)33-27-17-23(43)13-15-25(27)35-41(33)51-39-31(21-9-5-3-6-10-21)38-40(32(37(39)49-35)22-11-7-4-8-12-22)52-42-34(30(20-46)48-2)28-18-24(44)14-16-26(28)36(42)50-38;1-13-5-16-26(18(6-13)34(38,39)40)30-32(27(16)23(11-41)43-3)48-22-9-19-21(10-20(22)46-30)47-31-28(24(12-42)44-4)17-8-15(33(35,36)37)7-14(2)25(17)29(31)45-19/h3-18H;5-10H,1-2H3/b33-29-,34-30+;27-23+,28-24-. The Hall–Kier alpha value is -14.6. The Balaban J connectivity index is 0.000000163. The lowest BCUT2D eigenvalue weighted by molar-refractivity contribution is -0.138. The normalized spacial score (nSPS) is 14.5. The van der Waals surface area contributed by atoms with Crippen LogP contribution in [0.15, 0.2) is 156 Å². The highest BCUT2D eigenvalue weighted by Gasteiger charge is 2.43. The second kappa shape index (κ2) is 22.6. The molecular formula is C76H28F8N16. The quantitative estimate of drug-likeness (QED) is 0.0684. The number of fused-ring (bicyclic) bond motifs is 16. The van der Waals surface area contributed by atoms with Crippen LogP contribution in [0.3, 0.4) is 0 Å². The van der Waals surface area contributed by atoms with E-state index in [1.165, 1.54) is 56.3 Å². The Kier molecular flexibility index (Phi) is 13.9. The topological polar surface area (TPSA) is 216 Å². The number of alkyl halides is 6. The lowest BCUT2D eigenvalue weighted by Gasteiger charge is -2.17. The van der Waals surface area contributed by atoms with E-state index in [1.54, 1.807) is 24.3 Å². The van der Waals surface area contributed by atoms with Crippen LogP contribution in [0.25, 0.3) is 153 Å². The number of aryl methyl sites for hydroxylation is 2. The van der Waals surface area contributed by atoms with E-state index in [0.717, 1.165) is 18.2 Å². The first-order valence-corrected chi connectivity index (χ1v) is 29.5. The summed E-state index contributed by atoms with van der Waals surface area (Å²) in [7, 11) is 0. The number of hydrogen-bond acceptors (Lipinski definition) is 12. The zero-order chi connectivity index (χ0) is 70.1. The van der Waals surface area contributed by atoms with Crippen molar-refractivity contribution in [2.24, 2.45) is 0 Å². The van der Waals surface area contributed by atoms with Gasteiger partial charge in [-0.3, -0.25) is 0 Å². The molecule has 0 bridgehead atoms. The van der Waals surface area contributed by atoms with Crippen molar-refractivity contribution in [3.8, 4) is 91.6 Å². The van der Waals surface area contributed by atoms with Crippen LogP contribution in [0, 0.1) is 97.1 Å². The van der Waals surface area contributed by atoms with Crippen molar-refractivity contribution in [1.29, 1.82) is 21.0 Å². The van der Waals surface area contributed by atoms with Crippen molar-refractivity contribution in [3.63, 3.8) is 0 Å². The van der Waals surface area contributed by atoms with Crippen molar-refractivity contribution < 1.29 is 35.1 Å². The van der Waals surface area contributed by atoms with Crippen LogP contribution in [0.2, 0.25) is 0 Å². The average molecular weight is 1320 g/mol. The summed E-state index contributed by atoms with van der Waals surface area (Å²) in [5.74, 6) is -1.08. The van der Waals surface area contributed by atoms with Gasteiger partial charge in [-0.25, -0.2) is 89.1 Å². The van der Waals surface area contributed by atoms with Gasteiger partial charge in [0.05, 0.1) is 129 Å². The molecule has 4 aromatic heterocycles. The predicted molar refractivity (Wildman–Crippen MR) is 350 cm³/mol. The third-order valence-electron chi connectivity index (χ3n) is 17.4. The molecule has 0 spiro atoms. The zero-order valence-electron chi connectivity index (χ0n) is 50.9. The first kappa shape index (κ1) is 61.6. The Labute approximate surface area is 558 Å². The van der Waals surface area contributed by atoms with Crippen LogP contribution < -0.4 is 0 Å². The van der Waals surface area contributed by atoms with E-state index in [0.29, 0.717) is 78.0 Å². The fourth-order valence-electron chi connectivity index (χ4n) is 13.4. The lowest BCUT2D eigenvalue weighted by Crippen LogP contribution is -2.08. The molecule has 24 heteroatoms. The van der Waals surface area contributed by atoms with Gasteiger partial charge >= 0.3 is 12.4 Å². The molecule has 4 heterocycles. The predicted octanol–water partition coefficient (Wildman–Crippen LogP) is 18.1. The van der Waals surface area contributed by atoms with Crippen molar-refractivity contribution in [1.82, 2.24) is 39.9 Å². The first-order chi connectivity index (χ1) is 48.1. The maximum absolute atomic E-state index is 14.7. The molecule has 0 unspecified atom stereocenters. The van der Waals surface area contributed by atoms with Gasteiger partial charge in [-0.05, 0) is 125 Å². The minimum Gasteiger partial charge on any atom is -0.245 e. The van der Waals surface area contributed by atoms with E-state index in [2.05, 4.69) is 39.3 Å². The summed E-state index contributed by atoms with van der Waals surface area (Å²) >= 11 is 0. The molecule has 12 aromatic rings. The largest absolute Gasteiger partial charge is 0.417 e. The minimum atomic E-state index is -4.82. The molecule has 0 saturated carbocycles. The Bertz CT molecular complexity index is 6120. The van der Waals surface area contributed by atoms with Gasteiger partial charge in [-0.1, -0.05) is 66.7 Å². The number of benzene rings is 8. The second-order valence-corrected chi connectivity index (χ2v) is 23.0. The monoisotopic (exact) mass is 1320 g/mol. The van der Waals surface area contributed by atoms with Crippen molar-refractivity contribution in [2.45, 2.75) is 26.2 Å². The van der Waals surface area contributed by atoms with E-state index in [4.69, 9.17) is 46.2 Å². The minimum absolute atomic E-state index is 0.0109. The molecule has 100 heavy (non-hydrogen) atoms. The van der Waals surface area contributed by atoms with Crippen LogP contribution in [0.4, 0.5) is 35.1 Å². The van der Waals surface area contributed by atoms with E-state index in [1.807, 2.05) is 72.8 Å². The fourth-order valence-corrected chi connectivity index (χ4v) is 13.4. The van der Waals surface area contributed by atoms with Gasteiger partial charge in [0.1, 0.15) is 33.7 Å². The zero-order valence-corrected chi connectivity index (χ0v) is 50.9. The molecule has 16 rings (SSSR count). The second-order valence-electron chi connectivity index (χ2n) is 23.0. The molecule has 468 valence electrons.